The van der Waals surface area contributed by atoms with E-state index in [0.717, 1.165) is 76.5 Å². The smallest absolute Gasteiger partial charge is 0.495 e. The Kier molecular flexibility index (Phi) is 13.3. The second-order valence-electron chi connectivity index (χ2n) is 22.0. The molecule has 368 valence electrons. The number of benzene rings is 5. The molecule has 0 amide bonds. The number of ether oxygens (including phenoxy) is 5. The van der Waals surface area contributed by atoms with Crippen LogP contribution in [0.1, 0.15) is 104 Å². The average molecular weight is 957 g/mol. The third-order valence-corrected chi connectivity index (χ3v) is 16.2. The molecular weight excluding hydrogens is 885 g/mol. The Balaban J connectivity index is 1.11. The van der Waals surface area contributed by atoms with E-state index in [-0.39, 0.29) is 18.6 Å². The highest BCUT2D eigenvalue weighted by Crippen LogP contribution is 2.59. The summed E-state index contributed by atoms with van der Waals surface area (Å²) in [5.74, 6) is 2.33. The Hall–Kier alpha value is -4.92. The number of anilines is 2. The lowest BCUT2D eigenvalue weighted by Gasteiger charge is -2.41. The number of rotatable bonds is 13. The molecule has 1 aliphatic carbocycles. The summed E-state index contributed by atoms with van der Waals surface area (Å²) in [6.07, 6.45) is 4.55. The molecule has 0 spiro atoms. The first-order valence-electron chi connectivity index (χ1n) is 24.6. The molecule has 0 radical (unpaired) electrons. The van der Waals surface area contributed by atoms with E-state index in [0.29, 0.717) is 32.2 Å². The monoisotopic (exact) mass is 957 g/mol. The first kappa shape index (κ1) is 49.1. The minimum absolute atomic E-state index is 0.201. The van der Waals surface area contributed by atoms with E-state index in [2.05, 4.69) is 109 Å². The number of fused-ring (bicyclic) bond motifs is 8. The van der Waals surface area contributed by atoms with Crippen molar-refractivity contribution < 1.29 is 41.4 Å². The van der Waals surface area contributed by atoms with Crippen LogP contribution in [0.5, 0.6) is 17.2 Å². The van der Waals surface area contributed by atoms with Crippen LogP contribution in [0.25, 0.3) is 28.0 Å². The summed E-state index contributed by atoms with van der Waals surface area (Å²) >= 11 is 0. The second kappa shape index (κ2) is 18.7. The average Bonchev–Trinajstić information content (AvgIpc) is 3.55. The normalized spacial score (nSPS) is 19.2. The quantitative estimate of drug-likeness (QED) is 0.0835. The SMILES string of the molecule is COc1cc2c3c(c4c(c2cc1N1CCOCC1)-c1ccccc1C4(C)C)C=CC(c1ccc(OCCO[Si](OC(C)(C)C)(OC(C)(C)C)OC(C)(C)C)cc1)(c1ccc(N2CCOCC2)cc1)O3. The van der Waals surface area contributed by atoms with Crippen LogP contribution < -0.4 is 24.0 Å². The van der Waals surface area contributed by atoms with Gasteiger partial charge < -0.3 is 51.2 Å². The largest absolute Gasteiger partial charge is 0.681 e. The van der Waals surface area contributed by atoms with Crippen LogP contribution in [0.3, 0.4) is 0 Å². The number of morpholine rings is 2. The summed E-state index contributed by atoms with van der Waals surface area (Å²) in [6, 6.07) is 30.5. The highest BCUT2D eigenvalue weighted by molar-refractivity contribution is 6.54. The molecule has 1 atom stereocenters. The van der Waals surface area contributed by atoms with Crippen LogP contribution in [0.15, 0.2) is 91.0 Å². The van der Waals surface area contributed by atoms with Gasteiger partial charge in [-0.2, -0.15) is 0 Å². The molecule has 9 rings (SSSR count). The van der Waals surface area contributed by atoms with Gasteiger partial charge in [-0.25, -0.2) is 0 Å². The van der Waals surface area contributed by atoms with Crippen LogP contribution in [0, 0.1) is 0 Å². The van der Waals surface area contributed by atoms with E-state index in [4.69, 9.17) is 41.4 Å². The van der Waals surface area contributed by atoms with Gasteiger partial charge in [-0.1, -0.05) is 68.5 Å². The van der Waals surface area contributed by atoms with Gasteiger partial charge in [0.05, 0.1) is 62.6 Å². The number of hydrogen-bond acceptors (Lipinski definition) is 11. The molecule has 2 saturated heterocycles. The van der Waals surface area contributed by atoms with Crippen molar-refractivity contribution in [2.75, 3.05) is 82.7 Å². The molecule has 0 N–H and O–H groups in total. The van der Waals surface area contributed by atoms with E-state index in [1.807, 2.05) is 74.4 Å². The Labute approximate surface area is 411 Å². The maximum absolute atomic E-state index is 7.78. The highest BCUT2D eigenvalue weighted by Gasteiger charge is 2.54. The lowest BCUT2D eigenvalue weighted by atomic mass is 9.76. The summed E-state index contributed by atoms with van der Waals surface area (Å²) in [6.45, 7) is 29.0. The lowest BCUT2D eigenvalue weighted by Crippen LogP contribution is -2.59. The molecule has 1 unspecified atom stereocenters. The van der Waals surface area contributed by atoms with Crippen molar-refractivity contribution in [2.45, 2.75) is 104 Å². The van der Waals surface area contributed by atoms with Crippen molar-refractivity contribution in [1.82, 2.24) is 0 Å². The van der Waals surface area contributed by atoms with Gasteiger partial charge in [-0.3, -0.25) is 0 Å². The number of hydrogen-bond donors (Lipinski definition) is 0. The summed E-state index contributed by atoms with van der Waals surface area (Å²) in [4.78, 5) is 4.76. The third kappa shape index (κ3) is 10.0. The maximum Gasteiger partial charge on any atom is 0.681 e. The zero-order valence-corrected chi connectivity index (χ0v) is 43.9. The fourth-order valence-electron chi connectivity index (χ4n) is 10.3. The van der Waals surface area contributed by atoms with Gasteiger partial charge >= 0.3 is 9.05 Å². The fourth-order valence-corrected chi connectivity index (χ4v) is 13.2. The summed E-state index contributed by atoms with van der Waals surface area (Å²) in [5, 5.41) is 2.15. The molecule has 4 aliphatic rings. The standard InChI is InChI=1S/C57H72N2O9Si/c1-53(2,3)66-69(67-54(4,5)6,68-55(7,8)9)64-36-35-63-42-23-19-40(20-24-42)57(39-17-21-41(22-18-39)58-27-31-61-32-28-58)26-25-44-51-50(43-15-13-14-16-47(43)56(51,10)11)45-37-48(59-29-33-62-34-30-59)49(60-12)38-46(45)52(44)65-57/h13-26,37-38H,27-36H2,1-12H3. The highest BCUT2D eigenvalue weighted by atomic mass is 28.4. The van der Waals surface area contributed by atoms with Gasteiger partial charge in [-0.05, 0) is 132 Å². The van der Waals surface area contributed by atoms with E-state index < -0.39 is 31.5 Å². The minimum Gasteiger partial charge on any atom is -0.495 e. The van der Waals surface area contributed by atoms with Gasteiger partial charge in [0.2, 0.25) is 0 Å². The predicted molar refractivity (Wildman–Crippen MR) is 277 cm³/mol. The second-order valence-corrected chi connectivity index (χ2v) is 23.9. The van der Waals surface area contributed by atoms with E-state index in [1.165, 1.54) is 22.3 Å². The van der Waals surface area contributed by atoms with E-state index >= 15 is 0 Å². The van der Waals surface area contributed by atoms with Crippen LogP contribution in [0.2, 0.25) is 0 Å². The first-order valence-corrected chi connectivity index (χ1v) is 26.3. The molecule has 5 aromatic carbocycles. The molecule has 2 fully saturated rings. The first-order chi connectivity index (χ1) is 32.7. The number of methoxy groups -OCH3 is 1. The predicted octanol–water partition coefficient (Wildman–Crippen LogP) is 11.5. The Morgan fingerprint density at radius 2 is 1.22 bits per heavy atom. The van der Waals surface area contributed by atoms with Gasteiger partial charge in [0.25, 0.3) is 0 Å². The van der Waals surface area contributed by atoms with Crippen molar-refractivity contribution in [3.63, 3.8) is 0 Å². The van der Waals surface area contributed by atoms with Gasteiger partial charge in [0.15, 0.2) is 5.60 Å². The molecule has 0 aromatic heterocycles. The molecule has 0 saturated carbocycles. The van der Waals surface area contributed by atoms with Crippen LogP contribution in [-0.4, -0.2) is 98.8 Å². The van der Waals surface area contributed by atoms with Crippen molar-refractivity contribution in [2.24, 2.45) is 0 Å². The molecule has 3 aliphatic heterocycles. The summed E-state index contributed by atoms with van der Waals surface area (Å²) < 4.78 is 58.0. The maximum atomic E-state index is 7.78. The third-order valence-electron chi connectivity index (χ3n) is 13.1. The van der Waals surface area contributed by atoms with Crippen LogP contribution in [-0.2, 0) is 38.2 Å². The zero-order chi connectivity index (χ0) is 49.0. The summed E-state index contributed by atoms with van der Waals surface area (Å²) in [5.41, 5.74) is 7.35. The van der Waals surface area contributed by atoms with Gasteiger partial charge in [-0.15, -0.1) is 0 Å². The Morgan fingerprint density at radius 3 is 1.80 bits per heavy atom. The molecule has 11 nitrogen and oxygen atoms in total. The fraction of sp³-hybridized carbons (Fsp3) is 0.474. The van der Waals surface area contributed by atoms with Crippen molar-refractivity contribution in [3.8, 4) is 28.4 Å². The molecule has 12 heteroatoms. The Bertz CT molecular complexity index is 2630. The lowest BCUT2D eigenvalue weighted by molar-refractivity contribution is -0.135. The number of nitrogens with zero attached hydrogens (tertiary/aromatic N) is 2. The van der Waals surface area contributed by atoms with Gasteiger partial charge in [0.1, 0.15) is 23.9 Å². The van der Waals surface area contributed by atoms with Crippen molar-refractivity contribution in [3.05, 3.63) is 119 Å². The van der Waals surface area contributed by atoms with Crippen molar-refractivity contribution in [1.29, 1.82) is 0 Å². The van der Waals surface area contributed by atoms with E-state index in [1.54, 1.807) is 7.11 Å². The van der Waals surface area contributed by atoms with Crippen LogP contribution >= 0.6 is 0 Å². The molecule has 3 heterocycles. The minimum atomic E-state index is -3.66. The van der Waals surface area contributed by atoms with Crippen molar-refractivity contribution >= 4 is 37.3 Å². The van der Waals surface area contributed by atoms with Gasteiger partial charge in [0, 0.05) is 59.4 Å². The Morgan fingerprint density at radius 1 is 0.652 bits per heavy atom. The summed E-state index contributed by atoms with van der Waals surface area (Å²) in [7, 11) is -1.90. The molecule has 0 bridgehead atoms. The molecular formula is C57H72N2O9Si. The van der Waals surface area contributed by atoms with E-state index in [9.17, 15) is 0 Å². The van der Waals surface area contributed by atoms with Crippen LogP contribution in [0.4, 0.5) is 11.4 Å². The zero-order valence-electron chi connectivity index (χ0n) is 42.9. The topological polar surface area (TPSA) is 89.6 Å². The molecule has 5 aromatic rings. The molecule has 69 heavy (non-hydrogen) atoms.